The first-order valence-electron chi connectivity index (χ1n) is 6.29. The molecule has 1 amide bonds. The molecule has 0 aliphatic rings. The van der Waals surface area contributed by atoms with Crippen LogP contribution in [0.4, 0.5) is 0 Å². The molecule has 0 unspecified atom stereocenters. The van der Waals surface area contributed by atoms with Crippen LogP contribution in [0.5, 0.6) is 5.75 Å². The Morgan fingerprint density at radius 1 is 1.28 bits per heavy atom. The molecule has 0 atom stereocenters. The van der Waals surface area contributed by atoms with Gasteiger partial charge in [-0.15, -0.1) is 0 Å². The topological polar surface area (TPSA) is 38.3 Å². The fourth-order valence-corrected chi connectivity index (χ4v) is 1.60. The summed E-state index contributed by atoms with van der Waals surface area (Å²) in [5.41, 5.74) is 2.07. The van der Waals surface area contributed by atoms with Crippen LogP contribution < -0.4 is 10.1 Å². The van der Waals surface area contributed by atoms with Gasteiger partial charge in [-0.2, -0.15) is 0 Å². The molecule has 0 aliphatic carbocycles. The highest BCUT2D eigenvalue weighted by atomic mass is 16.5. The van der Waals surface area contributed by atoms with E-state index in [1.54, 1.807) is 0 Å². The fourth-order valence-electron chi connectivity index (χ4n) is 1.60. The lowest BCUT2D eigenvalue weighted by molar-refractivity contribution is -0.122. The number of nitrogens with one attached hydrogen (secondary N) is 1. The van der Waals surface area contributed by atoms with Crippen molar-refractivity contribution in [1.29, 1.82) is 0 Å². The number of benzene rings is 1. The Morgan fingerprint density at radius 2 is 1.94 bits per heavy atom. The van der Waals surface area contributed by atoms with Gasteiger partial charge in [0.25, 0.3) is 0 Å². The largest absolute Gasteiger partial charge is 0.493 e. The van der Waals surface area contributed by atoms with E-state index in [1.165, 1.54) is 0 Å². The fraction of sp³-hybridized carbons (Fsp3) is 0.533. The maximum absolute atomic E-state index is 11.6. The summed E-state index contributed by atoms with van der Waals surface area (Å²) in [5.74, 6) is 0.881. The molecule has 0 spiro atoms. The van der Waals surface area contributed by atoms with Crippen LogP contribution in [-0.4, -0.2) is 18.1 Å². The van der Waals surface area contributed by atoms with Gasteiger partial charge < -0.3 is 10.1 Å². The van der Waals surface area contributed by atoms with Gasteiger partial charge in [-0.3, -0.25) is 4.79 Å². The molecule has 0 aromatic heterocycles. The molecular weight excluding hydrogens is 226 g/mol. The van der Waals surface area contributed by atoms with E-state index in [-0.39, 0.29) is 11.4 Å². The molecule has 1 aromatic rings. The third-order valence-electron chi connectivity index (χ3n) is 2.44. The zero-order valence-electron chi connectivity index (χ0n) is 12.0. The highest BCUT2D eigenvalue weighted by Crippen LogP contribution is 2.19. The molecule has 0 radical (unpaired) electrons. The summed E-state index contributed by atoms with van der Waals surface area (Å²) in [6, 6.07) is 6.07. The number of ether oxygens (including phenoxy) is 1. The second kappa shape index (κ2) is 5.89. The Balaban J connectivity index is 2.42. The van der Waals surface area contributed by atoms with Crippen LogP contribution in [0, 0.1) is 13.8 Å². The Morgan fingerprint density at radius 3 is 2.56 bits per heavy atom. The summed E-state index contributed by atoms with van der Waals surface area (Å²) < 4.78 is 5.64. The lowest BCUT2D eigenvalue weighted by Crippen LogP contribution is -2.41. The molecule has 18 heavy (non-hydrogen) atoms. The maximum Gasteiger partial charge on any atom is 0.223 e. The monoisotopic (exact) mass is 249 g/mol. The Kier molecular flexibility index (Phi) is 4.76. The maximum atomic E-state index is 11.6. The SMILES string of the molecule is Cc1ccc(C)c(OCCC(=O)NC(C)(C)C)c1. The van der Waals surface area contributed by atoms with Crippen molar-refractivity contribution in [3.63, 3.8) is 0 Å². The van der Waals surface area contributed by atoms with Crippen LogP contribution in [0.25, 0.3) is 0 Å². The van der Waals surface area contributed by atoms with E-state index in [4.69, 9.17) is 4.74 Å². The van der Waals surface area contributed by atoms with Gasteiger partial charge in [0.1, 0.15) is 5.75 Å². The van der Waals surface area contributed by atoms with E-state index < -0.39 is 0 Å². The normalized spacial score (nSPS) is 11.2. The van der Waals surface area contributed by atoms with Crippen LogP contribution in [0.1, 0.15) is 38.3 Å². The minimum absolute atomic E-state index is 0.0211. The van der Waals surface area contributed by atoms with Gasteiger partial charge in [0.2, 0.25) is 5.91 Å². The average molecular weight is 249 g/mol. The van der Waals surface area contributed by atoms with Crippen molar-refractivity contribution in [2.75, 3.05) is 6.61 Å². The average Bonchev–Trinajstić information content (AvgIpc) is 2.20. The van der Waals surface area contributed by atoms with E-state index in [1.807, 2.05) is 46.8 Å². The quantitative estimate of drug-likeness (QED) is 0.891. The number of hydrogen-bond donors (Lipinski definition) is 1. The first-order chi connectivity index (χ1) is 8.28. The van der Waals surface area contributed by atoms with Crippen molar-refractivity contribution in [1.82, 2.24) is 5.32 Å². The number of carbonyl (C=O) groups excluding carboxylic acids is 1. The summed E-state index contributed by atoms with van der Waals surface area (Å²) >= 11 is 0. The lowest BCUT2D eigenvalue weighted by Gasteiger charge is -2.20. The van der Waals surface area contributed by atoms with Crippen LogP contribution in [0.3, 0.4) is 0 Å². The van der Waals surface area contributed by atoms with E-state index in [2.05, 4.69) is 11.4 Å². The molecule has 1 rings (SSSR count). The number of hydrogen-bond acceptors (Lipinski definition) is 2. The van der Waals surface area contributed by atoms with Crippen molar-refractivity contribution in [2.45, 2.75) is 46.6 Å². The van der Waals surface area contributed by atoms with E-state index in [0.717, 1.165) is 16.9 Å². The molecule has 1 N–H and O–H groups in total. The highest BCUT2D eigenvalue weighted by Gasteiger charge is 2.13. The minimum Gasteiger partial charge on any atom is -0.493 e. The smallest absolute Gasteiger partial charge is 0.223 e. The molecule has 3 nitrogen and oxygen atoms in total. The zero-order valence-corrected chi connectivity index (χ0v) is 12.0. The number of carbonyl (C=O) groups is 1. The van der Waals surface area contributed by atoms with Gasteiger partial charge in [0, 0.05) is 5.54 Å². The number of aryl methyl sites for hydroxylation is 2. The highest BCUT2D eigenvalue weighted by molar-refractivity contribution is 5.76. The molecule has 3 heteroatoms. The van der Waals surface area contributed by atoms with Gasteiger partial charge >= 0.3 is 0 Å². The Hall–Kier alpha value is -1.51. The predicted molar refractivity (Wildman–Crippen MR) is 73.9 cm³/mol. The molecule has 0 aliphatic heterocycles. The Labute approximate surface area is 110 Å². The molecule has 0 saturated heterocycles. The molecule has 1 aromatic carbocycles. The second-order valence-corrected chi connectivity index (χ2v) is 5.67. The van der Waals surface area contributed by atoms with Crippen molar-refractivity contribution in [2.24, 2.45) is 0 Å². The molecular formula is C15H23NO2. The number of amides is 1. The summed E-state index contributed by atoms with van der Waals surface area (Å²) in [4.78, 5) is 11.6. The molecule has 0 fully saturated rings. The minimum atomic E-state index is -0.184. The van der Waals surface area contributed by atoms with E-state index in [0.29, 0.717) is 13.0 Å². The molecule has 100 valence electrons. The van der Waals surface area contributed by atoms with Crippen LogP contribution >= 0.6 is 0 Å². The Bertz CT molecular complexity index is 419. The van der Waals surface area contributed by atoms with Crippen LogP contribution in [0.15, 0.2) is 18.2 Å². The lowest BCUT2D eigenvalue weighted by atomic mass is 10.1. The molecule has 0 heterocycles. The number of rotatable bonds is 4. The summed E-state index contributed by atoms with van der Waals surface area (Å²) in [6.07, 6.45) is 0.380. The van der Waals surface area contributed by atoms with Gasteiger partial charge in [-0.05, 0) is 51.8 Å². The standard InChI is InChI=1S/C15H23NO2/c1-11-6-7-12(2)13(10-11)18-9-8-14(17)16-15(3,4)5/h6-7,10H,8-9H2,1-5H3,(H,16,17). The van der Waals surface area contributed by atoms with Crippen molar-refractivity contribution >= 4 is 5.91 Å². The van der Waals surface area contributed by atoms with Gasteiger partial charge in [-0.1, -0.05) is 12.1 Å². The summed E-state index contributed by atoms with van der Waals surface area (Å²) in [5, 5.41) is 2.91. The van der Waals surface area contributed by atoms with Gasteiger partial charge in [0.15, 0.2) is 0 Å². The van der Waals surface area contributed by atoms with Crippen LogP contribution in [-0.2, 0) is 4.79 Å². The first-order valence-corrected chi connectivity index (χ1v) is 6.29. The van der Waals surface area contributed by atoms with Gasteiger partial charge in [-0.25, -0.2) is 0 Å². The molecule has 0 bridgehead atoms. The first kappa shape index (κ1) is 14.6. The molecule has 0 saturated carbocycles. The summed E-state index contributed by atoms with van der Waals surface area (Å²) in [7, 11) is 0. The van der Waals surface area contributed by atoms with Gasteiger partial charge in [0.05, 0.1) is 13.0 Å². The van der Waals surface area contributed by atoms with Crippen molar-refractivity contribution in [3.05, 3.63) is 29.3 Å². The zero-order chi connectivity index (χ0) is 13.8. The second-order valence-electron chi connectivity index (χ2n) is 5.67. The van der Waals surface area contributed by atoms with Crippen molar-refractivity contribution in [3.8, 4) is 5.75 Å². The third kappa shape index (κ3) is 5.21. The summed E-state index contributed by atoms with van der Waals surface area (Å²) in [6.45, 7) is 10.3. The third-order valence-corrected chi connectivity index (χ3v) is 2.44. The predicted octanol–water partition coefficient (Wildman–Crippen LogP) is 2.99. The van der Waals surface area contributed by atoms with Crippen LogP contribution in [0.2, 0.25) is 0 Å². The van der Waals surface area contributed by atoms with E-state index >= 15 is 0 Å². The van der Waals surface area contributed by atoms with E-state index in [9.17, 15) is 4.79 Å². The van der Waals surface area contributed by atoms with Crippen molar-refractivity contribution < 1.29 is 9.53 Å².